The number of rotatable bonds is 5. The van der Waals surface area contributed by atoms with Gasteiger partial charge < -0.3 is 10.2 Å². The smallest absolute Gasteiger partial charge is 0.333 e. The summed E-state index contributed by atoms with van der Waals surface area (Å²) in [6.45, 7) is 1.34. The summed E-state index contributed by atoms with van der Waals surface area (Å²) in [5.41, 5.74) is 3.33. The molecule has 5 heteroatoms. The van der Waals surface area contributed by atoms with Gasteiger partial charge in [0.2, 0.25) is 5.96 Å². The zero-order valence-electron chi connectivity index (χ0n) is 17.3. The predicted octanol–water partition coefficient (Wildman–Crippen LogP) is 5.38. The molecule has 0 atom stereocenters. The molecule has 4 rings (SSSR count). The van der Waals surface area contributed by atoms with Crippen LogP contribution in [0.2, 0.25) is 0 Å². The van der Waals surface area contributed by atoms with E-state index in [0.29, 0.717) is 18.4 Å². The quantitative estimate of drug-likeness (QED) is 0.681. The molecule has 156 valence electrons. The maximum Gasteiger partial charge on any atom is 0.356 e. The average molecular weight is 404 g/mol. The van der Waals surface area contributed by atoms with E-state index in [1.165, 1.54) is 43.7 Å². The minimum Gasteiger partial charge on any atom is -0.333 e. The van der Waals surface area contributed by atoms with E-state index < -0.39 is 5.97 Å². The van der Waals surface area contributed by atoms with Crippen molar-refractivity contribution in [2.75, 3.05) is 18.4 Å². The van der Waals surface area contributed by atoms with Crippen LogP contribution in [0.4, 0.5) is 5.69 Å². The fourth-order valence-electron chi connectivity index (χ4n) is 4.05. The molecule has 1 fully saturated rings. The first-order chi connectivity index (χ1) is 14.8. The molecule has 2 aliphatic rings. The fourth-order valence-corrected chi connectivity index (χ4v) is 4.05. The predicted molar refractivity (Wildman–Crippen MR) is 121 cm³/mol. The van der Waals surface area contributed by atoms with Gasteiger partial charge in [-0.25, -0.2) is 4.79 Å². The van der Waals surface area contributed by atoms with Crippen LogP contribution < -0.4 is 5.32 Å². The van der Waals surface area contributed by atoms with Crippen LogP contribution in [0.5, 0.6) is 0 Å². The Kier molecular flexibility index (Phi) is 6.80. The van der Waals surface area contributed by atoms with Crippen LogP contribution in [0.3, 0.4) is 0 Å². The van der Waals surface area contributed by atoms with Crippen molar-refractivity contribution < 1.29 is 9.63 Å². The summed E-state index contributed by atoms with van der Waals surface area (Å²) >= 11 is 0. The Morgan fingerprint density at radius 1 is 1.00 bits per heavy atom. The Morgan fingerprint density at radius 3 is 2.53 bits per heavy atom. The van der Waals surface area contributed by atoms with Crippen LogP contribution in [0, 0.1) is 0 Å². The lowest BCUT2D eigenvalue weighted by molar-refractivity contribution is -0.166. The van der Waals surface area contributed by atoms with E-state index in [1.54, 1.807) is 11.1 Å². The van der Waals surface area contributed by atoms with Gasteiger partial charge in [-0.1, -0.05) is 61.7 Å². The minimum absolute atomic E-state index is 0.414. The Hall–Kier alpha value is -3.08. The number of hydrogen-bond acceptors (Lipinski definition) is 5. The van der Waals surface area contributed by atoms with E-state index in [-0.39, 0.29) is 0 Å². The topological polar surface area (TPSA) is 53.9 Å². The molecule has 0 unspecified atom stereocenters. The van der Waals surface area contributed by atoms with Gasteiger partial charge in [-0.05, 0) is 54.5 Å². The van der Waals surface area contributed by atoms with Gasteiger partial charge in [-0.3, -0.25) is 4.99 Å². The standard InChI is InChI=1S/C25H29N3O2/c29-24(17-12-20-8-3-1-4-9-20)30-28-19-7-18-26-25(28)27-23-15-13-22(14-16-23)21-10-5-2-6-11-21/h1,3-4,8-9,12-17,21H,2,5-7,10-11,18-19H2,(H,26,27). The van der Waals surface area contributed by atoms with E-state index in [0.717, 1.165) is 24.2 Å². The zero-order valence-corrected chi connectivity index (χ0v) is 17.3. The minimum atomic E-state index is -0.414. The number of nitrogens with zero attached hydrogens (tertiary/aromatic N) is 2. The average Bonchev–Trinajstić information content (AvgIpc) is 2.81. The summed E-state index contributed by atoms with van der Waals surface area (Å²) in [4.78, 5) is 22.3. The molecule has 1 heterocycles. The van der Waals surface area contributed by atoms with Crippen molar-refractivity contribution >= 4 is 23.7 Å². The molecule has 2 aromatic carbocycles. The van der Waals surface area contributed by atoms with E-state index in [1.807, 2.05) is 30.3 Å². The number of benzene rings is 2. The first kappa shape index (κ1) is 20.2. The summed E-state index contributed by atoms with van der Waals surface area (Å²) in [6, 6.07) is 18.3. The van der Waals surface area contributed by atoms with E-state index in [4.69, 9.17) is 4.84 Å². The van der Waals surface area contributed by atoms with Gasteiger partial charge in [0.15, 0.2) is 0 Å². The van der Waals surface area contributed by atoms with E-state index in [9.17, 15) is 4.79 Å². The van der Waals surface area contributed by atoms with Crippen molar-refractivity contribution in [1.29, 1.82) is 0 Å². The van der Waals surface area contributed by atoms with Crippen molar-refractivity contribution in [2.45, 2.75) is 44.4 Å². The third kappa shape index (κ3) is 5.50. The second kappa shape index (κ2) is 10.1. The fraction of sp³-hybridized carbons (Fsp3) is 0.360. The number of guanidine groups is 1. The molecule has 0 saturated heterocycles. The molecule has 1 aliphatic carbocycles. The van der Waals surface area contributed by atoms with Crippen LogP contribution in [0.1, 0.15) is 55.6 Å². The van der Waals surface area contributed by atoms with E-state index in [2.05, 4.69) is 34.6 Å². The third-order valence-electron chi connectivity index (χ3n) is 5.67. The molecule has 0 bridgehead atoms. The first-order valence-electron chi connectivity index (χ1n) is 10.9. The Labute approximate surface area is 178 Å². The molecule has 2 aromatic rings. The van der Waals surface area contributed by atoms with Gasteiger partial charge in [0.1, 0.15) is 0 Å². The molecule has 0 amide bonds. The van der Waals surface area contributed by atoms with Crippen LogP contribution in [-0.4, -0.2) is 30.1 Å². The van der Waals surface area contributed by atoms with Crippen molar-refractivity contribution in [1.82, 2.24) is 5.06 Å². The van der Waals surface area contributed by atoms with Gasteiger partial charge in [0.05, 0.1) is 6.54 Å². The molecular formula is C25H29N3O2. The Balaban J connectivity index is 1.36. The van der Waals surface area contributed by atoms with Crippen LogP contribution in [0.15, 0.2) is 65.7 Å². The second-order valence-corrected chi connectivity index (χ2v) is 7.90. The highest BCUT2D eigenvalue weighted by Crippen LogP contribution is 2.33. The molecule has 1 aliphatic heterocycles. The molecule has 30 heavy (non-hydrogen) atoms. The summed E-state index contributed by atoms with van der Waals surface area (Å²) in [7, 11) is 0. The van der Waals surface area contributed by atoms with E-state index >= 15 is 0 Å². The molecule has 0 aromatic heterocycles. The SMILES string of the molecule is O=C(C=Cc1ccccc1)ON1CCCN=C1Nc1ccc(C2CCCCC2)cc1. The molecular weight excluding hydrogens is 374 g/mol. The highest BCUT2D eigenvalue weighted by molar-refractivity contribution is 5.95. The number of nitrogens with one attached hydrogen (secondary N) is 1. The van der Waals surface area contributed by atoms with Crippen molar-refractivity contribution in [3.05, 3.63) is 71.8 Å². The summed E-state index contributed by atoms with van der Waals surface area (Å²) in [5, 5.41) is 4.87. The Bertz CT molecular complexity index is 884. The first-order valence-corrected chi connectivity index (χ1v) is 10.9. The molecule has 1 saturated carbocycles. The summed E-state index contributed by atoms with van der Waals surface area (Å²) in [5.74, 6) is 0.852. The number of carbonyl (C=O) groups excluding carboxylic acids is 1. The number of aliphatic imine (C=N–C) groups is 1. The second-order valence-electron chi connectivity index (χ2n) is 7.90. The van der Waals surface area contributed by atoms with Gasteiger partial charge in [-0.15, -0.1) is 0 Å². The molecule has 0 radical (unpaired) electrons. The highest BCUT2D eigenvalue weighted by atomic mass is 16.7. The molecule has 1 N–H and O–H groups in total. The molecule has 5 nitrogen and oxygen atoms in total. The van der Waals surface area contributed by atoms with Crippen molar-refractivity contribution in [3.8, 4) is 0 Å². The van der Waals surface area contributed by atoms with Crippen LogP contribution in [-0.2, 0) is 9.63 Å². The maximum absolute atomic E-state index is 12.3. The largest absolute Gasteiger partial charge is 0.356 e. The maximum atomic E-state index is 12.3. The van der Waals surface area contributed by atoms with Crippen LogP contribution in [0.25, 0.3) is 6.08 Å². The molecule has 0 spiro atoms. The summed E-state index contributed by atoms with van der Waals surface area (Å²) < 4.78 is 0. The van der Waals surface area contributed by atoms with Gasteiger partial charge in [0, 0.05) is 18.3 Å². The third-order valence-corrected chi connectivity index (χ3v) is 5.67. The lowest BCUT2D eigenvalue weighted by atomic mass is 9.84. The number of hydrogen-bond donors (Lipinski definition) is 1. The van der Waals surface area contributed by atoms with Gasteiger partial charge in [0.25, 0.3) is 0 Å². The Morgan fingerprint density at radius 2 is 1.77 bits per heavy atom. The number of hydroxylamine groups is 2. The van der Waals surface area contributed by atoms with Crippen LogP contribution >= 0.6 is 0 Å². The lowest BCUT2D eigenvalue weighted by Gasteiger charge is -2.27. The lowest BCUT2D eigenvalue weighted by Crippen LogP contribution is -2.41. The normalized spacial score (nSPS) is 17.6. The highest BCUT2D eigenvalue weighted by Gasteiger charge is 2.20. The van der Waals surface area contributed by atoms with Crippen molar-refractivity contribution in [2.24, 2.45) is 4.99 Å². The summed E-state index contributed by atoms with van der Waals surface area (Å²) in [6.07, 6.45) is 10.7. The van der Waals surface area contributed by atoms with Crippen molar-refractivity contribution in [3.63, 3.8) is 0 Å². The van der Waals surface area contributed by atoms with Gasteiger partial charge in [-0.2, -0.15) is 5.06 Å². The monoisotopic (exact) mass is 403 g/mol. The number of carbonyl (C=O) groups is 1. The zero-order chi connectivity index (χ0) is 20.6. The number of anilines is 1. The van der Waals surface area contributed by atoms with Gasteiger partial charge >= 0.3 is 5.97 Å².